The zero-order valence-electron chi connectivity index (χ0n) is 12.8. The molecule has 122 valence electrons. The molecule has 1 N–H and O–H groups in total. The molecule has 0 radical (unpaired) electrons. The summed E-state index contributed by atoms with van der Waals surface area (Å²) in [5.41, 5.74) is 1.79. The Morgan fingerprint density at radius 2 is 2.22 bits per heavy atom. The fourth-order valence-corrected chi connectivity index (χ4v) is 2.81. The van der Waals surface area contributed by atoms with Gasteiger partial charge in [-0.25, -0.2) is 4.68 Å². The number of benzene rings is 1. The SMILES string of the molecule is Cc1nn(-c2ccccc2)c(Cl)c1C(=O)NCC1CCOCO1. The predicted molar refractivity (Wildman–Crippen MR) is 86.0 cm³/mol. The number of ether oxygens (including phenoxy) is 2. The average Bonchev–Trinajstić information content (AvgIpc) is 2.89. The maximum atomic E-state index is 12.4. The van der Waals surface area contributed by atoms with Gasteiger partial charge in [0, 0.05) is 6.54 Å². The molecule has 3 rings (SSSR count). The lowest BCUT2D eigenvalue weighted by Crippen LogP contribution is -2.37. The van der Waals surface area contributed by atoms with E-state index in [-0.39, 0.29) is 18.8 Å². The van der Waals surface area contributed by atoms with Gasteiger partial charge in [-0.2, -0.15) is 5.10 Å². The largest absolute Gasteiger partial charge is 0.355 e. The standard InChI is InChI=1S/C16H18ClN3O3/c1-11-14(16(21)18-9-13-7-8-22-10-23-13)15(17)20(19-11)12-5-3-2-4-6-12/h2-6,13H,7-10H2,1H3,(H,18,21). The topological polar surface area (TPSA) is 65.4 Å². The van der Waals surface area contributed by atoms with Crippen LogP contribution in [0.25, 0.3) is 5.69 Å². The van der Waals surface area contributed by atoms with Gasteiger partial charge >= 0.3 is 0 Å². The van der Waals surface area contributed by atoms with Crippen molar-refractivity contribution in [3.8, 4) is 5.69 Å². The van der Waals surface area contributed by atoms with Crippen LogP contribution in [0.15, 0.2) is 30.3 Å². The Bertz CT molecular complexity index is 681. The lowest BCUT2D eigenvalue weighted by molar-refractivity contribution is -0.136. The second-order valence-corrected chi connectivity index (χ2v) is 5.67. The van der Waals surface area contributed by atoms with E-state index in [1.807, 2.05) is 30.3 Å². The van der Waals surface area contributed by atoms with Gasteiger partial charge in [0.15, 0.2) is 0 Å². The lowest BCUT2D eigenvalue weighted by Gasteiger charge is -2.22. The normalized spacial score (nSPS) is 17.9. The maximum Gasteiger partial charge on any atom is 0.256 e. The van der Waals surface area contributed by atoms with Gasteiger partial charge in [-0.1, -0.05) is 29.8 Å². The number of rotatable bonds is 4. The fourth-order valence-electron chi connectivity index (χ4n) is 2.45. The Morgan fingerprint density at radius 1 is 1.43 bits per heavy atom. The quantitative estimate of drug-likeness (QED) is 0.931. The number of aryl methyl sites for hydroxylation is 1. The molecule has 1 aliphatic heterocycles. The van der Waals surface area contributed by atoms with E-state index in [4.69, 9.17) is 21.1 Å². The Morgan fingerprint density at radius 3 is 2.91 bits per heavy atom. The molecule has 0 bridgehead atoms. The minimum absolute atomic E-state index is 0.0315. The first-order chi connectivity index (χ1) is 11.2. The van der Waals surface area contributed by atoms with Crippen molar-refractivity contribution in [2.75, 3.05) is 19.9 Å². The minimum atomic E-state index is -0.246. The zero-order valence-corrected chi connectivity index (χ0v) is 13.5. The van der Waals surface area contributed by atoms with E-state index in [0.29, 0.717) is 29.6 Å². The number of carbonyl (C=O) groups is 1. The molecule has 2 heterocycles. The average molecular weight is 336 g/mol. The van der Waals surface area contributed by atoms with Crippen LogP contribution in [-0.2, 0) is 9.47 Å². The van der Waals surface area contributed by atoms with Crippen LogP contribution in [0, 0.1) is 6.92 Å². The highest BCUT2D eigenvalue weighted by Gasteiger charge is 2.22. The Hall–Kier alpha value is -1.89. The highest BCUT2D eigenvalue weighted by atomic mass is 35.5. The molecule has 1 fully saturated rings. The molecule has 0 aliphatic carbocycles. The van der Waals surface area contributed by atoms with Crippen LogP contribution in [0.1, 0.15) is 22.5 Å². The number of nitrogens with one attached hydrogen (secondary N) is 1. The molecule has 0 saturated carbocycles. The number of hydrogen-bond donors (Lipinski definition) is 1. The van der Waals surface area contributed by atoms with E-state index in [1.165, 1.54) is 0 Å². The van der Waals surface area contributed by atoms with E-state index in [9.17, 15) is 4.79 Å². The zero-order chi connectivity index (χ0) is 16.2. The van der Waals surface area contributed by atoms with E-state index in [0.717, 1.165) is 12.1 Å². The van der Waals surface area contributed by atoms with Crippen LogP contribution in [-0.4, -0.2) is 41.7 Å². The minimum Gasteiger partial charge on any atom is -0.355 e. The number of hydrogen-bond acceptors (Lipinski definition) is 4. The number of amides is 1. The molecule has 7 heteroatoms. The number of halogens is 1. The van der Waals surface area contributed by atoms with Crippen molar-refractivity contribution < 1.29 is 14.3 Å². The van der Waals surface area contributed by atoms with Gasteiger partial charge in [-0.05, 0) is 25.5 Å². The molecule has 1 unspecified atom stereocenters. The summed E-state index contributed by atoms with van der Waals surface area (Å²) in [5, 5.41) is 7.53. The third-order valence-electron chi connectivity index (χ3n) is 3.69. The van der Waals surface area contributed by atoms with Crippen LogP contribution in [0.3, 0.4) is 0 Å². The number of carbonyl (C=O) groups excluding carboxylic acids is 1. The number of aromatic nitrogens is 2. The van der Waals surface area contributed by atoms with Gasteiger partial charge < -0.3 is 14.8 Å². The smallest absolute Gasteiger partial charge is 0.256 e. The van der Waals surface area contributed by atoms with Gasteiger partial charge in [-0.3, -0.25) is 4.79 Å². The fraction of sp³-hybridized carbons (Fsp3) is 0.375. The van der Waals surface area contributed by atoms with E-state index >= 15 is 0 Å². The van der Waals surface area contributed by atoms with Crippen LogP contribution in [0.5, 0.6) is 0 Å². The van der Waals surface area contributed by atoms with Crippen LogP contribution < -0.4 is 5.32 Å². The molecule has 1 amide bonds. The molecule has 23 heavy (non-hydrogen) atoms. The molecule has 2 aromatic rings. The molecule has 6 nitrogen and oxygen atoms in total. The third kappa shape index (κ3) is 3.55. The van der Waals surface area contributed by atoms with Gasteiger partial charge in [0.1, 0.15) is 11.9 Å². The summed E-state index contributed by atoms with van der Waals surface area (Å²) in [5.74, 6) is -0.246. The molecule has 0 spiro atoms. The Labute approximate surface area is 139 Å². The molecule has 1 aliphatic rings. The summed E-state index contributed by atoms with van der Waals surface area (Å²) in [7, 11) is 0. The van der Waals surface area contributed by atoms with Crippen molar-refractivity contribution in [1.29, 1.82) is 0 Å². The number of nitrogens with zero attached hydrogens (tertiary/aromatic N) is 2. The first-order valence-electron chi connectivity index (χ1n) is 7.45. The van der Waals surface area contributed by atoms with Crippen LogP contribution in [0.4, 0.5) is 0 Å². The number of para-hydroxylation sites is 1. The summed E-state index contributed by atoms with van der Waals surface area (Å²) < 4.78 is 12.1. The second-order valence-electron chi connectivity index (χ2n) is 5.31. The molecular formula is C16H18ClN3O3. The maximum absolute atomic E-state index is 12.4. The van der Waals surface area contributed by atoms with Crippen LogP contribution in [0.2, 0.25) is 5.15 Å². The molecular weight excluding hydrogens is 318 g/mol. The van der Waals surface area contributed by atoms with Gasteiger partial charge in [-0.15, -0.1) is 0 Å². The molecule has 1 aromatic carbocycles. The van der Waals surface area contributed by atoms with Crippen molar-refractivity contribution in [3.63, 3.8) is 0 Å². The monoisotopic (exact) mass is 335 g/mol. The summed E-state index contributed by atoms with van der Waals surface area (Å²) in [6.45, 7) is 3.11. The van der Waals surface area contributed by atoms with Gasteiger partial charge in [0.2, 0.25) is 0 Å². The van der Waals surface area contributed by atoms with E-state index in [1.54, 1.807) is 11.6 Å². The summed E-state index contributed by atoms with van der Waals surface area (Å²) in [6.07, 6.45) is 0.729. The highest BCUT2D eigenvalue weighted by molar-refractivity contribution is 6.33. The van der Waals surface area contributed by atoms with Gasteiger partial charge in [0.25, 0.3) is 5.91 Å². The highest BCUT2D eigenvalue weighted by Crippen LogP contribution is 2.23. The van der Waals surface area contributed by atoms with Crippen molar-refractivity contribution >= 4 is 17.5 Å². The van der Waals surface area contributed by atoms with Gasteiger partial charge in [0.05, 0.1) is 29.7 Å². The van der Waals surface area contributed by atoms with Crippen molar-refractivity contribution in [2.45, 2.75) is 19.4 Å². The molecule has 1 atom stereocenters. The molecule has 1 aromatic heterocycles. The summed E-state index contributed by atoms with van der Waals surface area (Å²) in [4.78, 5) is 12.4. The summed E-state index contributed by atoms with van der Waals surface area (Å²) in [6, 6.07) is 9.47. The van der Waals surface area contributed by atoms with Crippen molar-refractivity contribution in [1.82, 2.24) is 15.1 Å². The Balaban J connectivity index is 1.74. The predicted octanol–water partition coefficient (Wildman–Crippen LogP) is 2.33. The second kappa shape index (κ2) is 7.12. The third-order valence-corrected chi connectivity index (χ3v) is 4.04. The summed E-state index contributed by atoms with van der Waals surface area (Å²) >= 11 is 6.37. The Kier molecular flexibility index (Phi) is 4.95. The van der Waals surface area contributed by atoms with Crippen molar-refractivity contribution in [3.05, 3.63) is 46.7 Å². The first-order valence-corrected chi connectivity index (χ1v) is 7.82. The lowest BCUT2D eigenvalue weighted by atomic mass is 10.2. The van der Waals surface area contributed by atoms with E-state index < -0.39 is 0 Å². The van der Waals surface area contributed by atoms with Crippen LogP contribution >= 0.6 is 11.6 Å². The van der Waals surface area contributed by atoms with Crippen molar-refractivity contribution in [2.24, 2.45) is 0 Å². The van der Waals surface area contributed by atoms with E-state index in [2.05, 4.69) is 10.4 Å². The molecule has 1 saturated heterocycles. The first kappa shape index (κ1) is 16.0.